The Morgan fingerprint density at radius 1 is 1.06 bits per heavy atom. The maximum absolute atomic E-state index is 12.7. The van der Waals surface area contributed by atoms with Crippen molar-refractivity contribution in [2.45, 2.75) is 22.2 Å². The van der Waals surface area contributed by atoms with Gasteiger partial charge in [0.25, 0.3) is 0 Å². The standard InChI is InChI=1S/C22H26N4O6S2/c1-14(21(27)32-6)33-22-24-23-20(15-8-7-9-17(12-15)34(28,29)25(2)3)26(22)18-13-16(30-4)10-11-19(18)31-5/h7-14H,1-6H3/t14-/m0/s1. The van der Waals surface area contributed by atoms with Gasteiger partial charge in [-0.25, -0.2) is 12.7 Å². The van der Waals surface area contributed by atoms with Gasteiger partial charge in [-0.1, -0.05) is 23.9 Å². The molecule has 0 aliphatic carbocycles. The highest BCUT2D eigenvalue weighted by Crippen LogP contribution is 2.36. The molecule has 3 aromatic rings. The molecule has 0 amide bonds. The molecule has 0 aliphatic rings. The monoisotopic (exact) mass is 506 g/mol. The van der Waals surface area contributed by atoms with Crippen LogP contribution in [0.3, 0.4) is 0 Å². The summed E-state index contributed by atoms with van der Waals surface area (Å²) in [5.41, 5.74) is 1.07. The Balaban J connectivity index is 2.26. The molecule has 12 heteroatoms. The Hall–Kier alpha value is -3.09. The molecule has 1 heterocycles. The molecule has 182 valence electrons. The molecule has 0 aliphatic heterocycles. The first-order chi connectivity index (χ1) is 16.1. The summed E-state index contributed by atoms with van der Waals surface area (Å²) in [6.45, 7) is 1.70. The number of sulfonamides is 1. The van der Waals surface area contributed by atoms with Crippen LogP contribution in [-0.2, 0) is 19.6 Å². The number of methoxy groups -OCH3 is 3. The number of aromatic nitrogens is 3. The van der Waals surface area contributed by atoms with Crippen LogP contribution >= 0.6 is 11.8 Å². The van der Waals surface area contributed by atoms with Gasteiger partial charge in [0.2, 0.25) is 10.0 Å². The molecule has 1 aromatic heterocycles. The second-order valence-corrected chi connectivity index (χ2v) is 10.7. The van der Waals surface area contributed by atoms with Crippen LogP contribution < -0.4 is 9.47 Å². The molecule has 34 heavy (non-hydrogen) atoms. The van der Waals surface area contributed by atoms with Crippen molar-refractivity contribution >= 4 is 27.8 Å². The number of carbonyl (C=O) groups excluding carboxylic acids is 1. The van der Waals surface area contributed by atoms with E-state index in [0.29, 0.717) is 33.7 Å². The van der Waals surface area contributed by atoms with E-state index in [-0.39, 0.29) is 4.90 Å². The average molecular weight is 507 g/mol. The molecule has 0 fully saturated rings. The fourth-order valence-electron chi connectivity index (χ4n) is 3.10. The van der Waals surface area contributed by atoms with E-state index in [1.807, 2.05) is 0 Å². The minimum Gasteiger partial charge on any atom is -0.497 e. The summed E-state index contributed by atoms with van der Waals surface area (Å²) in [6, 6.07) is 11.7. The smallest absolute Gasteiger partial charge is 0.318 e. The van der Waals surface area contributed by atoms with Gasteiger partial charge in [0, 0.05) is 25.7 Å². The first kappa shape index (κ1) is 25.5. The van der Waals surface area contributed by atoms with Crippen molar-refractivity contribution in [2.75, 3.05) is 35.4 Å². The summed E-state index contributed by atoms with van der Waals surface area (Å²) < 4.78 is 44.0. The highest BCUT2D eigenvalue weighted by atomic mass is 32.2. The molecule has 0 saturated heterocycles. The second kappa shape index (κ2) is 10.5. The maximum atomic E-state index is 12.7. The molecule has 0 spiro atoms. The molecule has 0 radical (unpaired) electrons. The Morgan fingerprint density at radius 3 is 2.41 bits per heavy atom. The lowest BCUT2D eigenvalue weighted by Crippen LogP contribution is -2.22. The first-order valence-electron chi connectivity index (χ1n) is 10.1. The number of carbonyl (C=O) groups is 1. The summed E-state index contributed by atoms with van der Waals surface area (Å²) >= 11 is 1.15. The Morgan fingerprint density at radius 2 is 1.79 bits per heavy atom. The third-order valence-electron chi connectivity index (χ3n) is 4.95. The third kappa shape index (κ3) is 5.03. The number of hydrogen-bond donors (Lipinski definition) is 0. The van der Waals surface area contributed by atoms with Crippen LogP contribution in [0.2, 0.25) is 0 Å². The average Bonchev–Trinajstić information content (AvgIpc) is 3.26. The van der Waals surface area contributed by atoms with Gasteiger partial charge in [-0.05, 0) is 31.2 Å². The van der Waals surface area contributed by atoms with Crippen molar-refractivity contribution in [1.82, 2.24) is 19.1 Å². The van der Waals surface area contributed by atoms with E-state index in [4.69, 9.17) is 14.2 Å². The van der Waals surface area contributed by atoms with Crippen LogP contribution in [0.15, 0.2) is 52.5 Å². The number of rotatable bonds is 9. The number of ether oxygens (including phenoxy) is 3. The summed E-state index contributed by atoms with van der Waals surface area (Å²) in [5.74, 6) is 1.02. The molecule has 10 nitrogen and oxygen atoms in total. The normalized spacial score (nSPS) is 12.4. The summed E-state index contributed by atoms with van der Waals surface area (Å²) in [5, 5.41) is 8.45. The van der Waals surface area contributed by atoms with Crippen molar-refractivity contribution in [1.29, 1.82) is 0 Å². The van der Waals surface area contributed by atoms with E-state index in [2.05, 4.69) is 10.2 Å². The zero-order chi connectivity index (χ0) is 25.0. The Bertz CT molecular complexity index is 1290. The van der Waals surface area contributed by atoms with Crippen LogP contribution in [0.25, 0.3) is 17.1 Å². The largest absolute Gasteiger partial charge is 0.497 e. The van der Waals surface area contributed by atoms with Gasteiger partial charge in [-0.2, -0.15) is 0 Å². The summed E-state index contributed by atoms with van der Waals surface area (Å²) in [6.07, 6.45) is 0. The predicted molar refractivity (Wildman–Crippen MR) is 128 cm³/mol. The number of benzene rings is 2. The van der Waals surface area contributed by atoms with E-state index in [9.17, 15) is 13.2 Å². The lowest BCUT2D eigenvalue weighted by Gasteiger charge is -2.17. The molecular weight excluding hydrogens is 480 g/mol. The fourth-order valence-corrected chi connectivity index (χ4v) is 4.94. The van der Waals surface area contributed by atoms with E-state index < -0.39 is 21.2 Å². The Labute approximate surface area is 202 Å². The molecule has 2 aromatic carbocycles. The predicted octanol–water partition coefficient (Wildman–Crippen LogP) is 2.86. The Kier molecular flexibility index (Phi) is 7.85. The fraction of sp³-hybridized carbons (Fsp3) is 0.318. The second-order valence-electron chi connectivity index (χ2n) is 7.28. The number of nitrogens with zero attached hydrogens (tertiary/aromatic N) is 4. The third-order valence-corrected chi connectivity index (χ3v) is 7.78. The van der Waals surface area contributed by atoms with Gasteiger partial charge in [-0.15, -0.1) is 10.2 Å². The van der Waals surface area contributed by atoms with Gasteiger partial charge >= 0.3 is 5.97 Å². The van der Waals surface area contributed by atoms with E-state index >= 15 is 0 Å². The van der Waals surface area contributed by atoms with Gasteiger partial charge in [0.15, 0.2) is 11.0 Å². The van der Waals surface area contributed by atoms with Crippen LogP contribution in [0.5, 0.6) is 11.5 Å². The van der Waals surface area contributed by atoms with Crippen LogP contribution in [0.1, 0.15) is 6.92 Å². The van der Waals surface area contributed by atoms with Gasteiger partial charge in [-0.3, -0.25) is 9.36 Å². The highest BCUT2D eigenvalue weighted by Gasteiger charge is 2.25. The van der Waals surface area contributed by atoms with Crippen LogP contribution in [0, 0.1) is 0 Å². The number of hydrogen-bond acceptors (Lipinski definition) is 9. The quantitative estimate of drug-likeness (QED) is 0.319. The number of thioether (sulfide) groups is 1. The minimum absolute atomic E-state index is 0.110. The molecule has 0 bridgehead atoms. The molecule has 3 rings (SSSR count). The molecule has 0 unspecified atom stereocenters. The number of esters is 1. The topological polar surface area (TPSA) is 113 Å². The van der Waals surface area contributed by atoms with E-state index in [1.54, 1.807) is 48.9 Å². The van der Waals surface area contributed by atoms with Crippen molar-refractivity contribution < 1.29 is 27.4 Å². The SMILES string of the molecule is COC(=O)[C@H](C)Sc1nnc(-c2cccc(S(=O)(=O)N(C)C)c2)n1-c1cc(OC)ccc1OC. The van der Waals surface area contributed by atoms with Gasteiger partial charge in [0.1, 0.15) is 16.7 Å². The minimum atomic E-state index is -3.67. The first-order valence-corrected chi connectivity index (χ1v) is 12.4. The van der Waals surface area contributed by atoms with Crippen molar-refractivity contribution in [3.05, 3.63) is 42.5 Å². The lowest BCUT2D eigenvalue weighted by molar-refractivity contribution is -0.139. The molecule has 0 N–H and O–H groups in total. The maximum Gasteiger partial charge on any atom is 0.318 e. The van der Waals surface area contributed by atoms with Crippen molar-refractivity contribution in [3.63, 3.8) is 0 Å². The lowest BCUT2D eigenvalue weighted by atomic mass is 10.2. The van der Waals surface area contributed by atoms with E-state index in [1.165, 1.54) is 40.4 Å². The zero-order valence-electron chi connectivity index (χ0n) is 19.7. The van der Waals surface area contributed by atoms with Crippen LogP contribution in [0.4, 0.5) is 0 Å². The van der Waals surface area contributed by atoms with E-state index in [0.717, 1.165) is 16.1 Å². The molecule has 1 atom stereocenters. The van der Waals surface area contributed by atoms with Gasteiger partial charge < -0.3 is 14.2 Å². The molecule has 0 saturated carbocycles. The van der Waals surface area contributed by atoms with Crippen molar-refractivity contribution in [2.24, 2.45) is 0 Å². The van der Waals surface area contributed by atoms with Crippen molar-refractivity contribution in [3.8, 4) is 28.6 Å². The molecular formula is C22H26N4O6S2. The van der Waals surface area contributed by atoms with Gasteiger partial charge in [0.05, 0.1) is 31.9 Å². The van der Waals surface area contributed by atoms with Crippen LogP contribution in [-0.4, -0.2) is 74.1 Å². The summed E-state index contributed by atoms with van der Waals surface area (Å²) in [4.78, 5) is 12.2. The summed E-state index contributed by atoms with van der Waals surface area (Å²) in [7, 11) is 3.66. The highest BCUT2D eigenvalue weighted by molar-refractivity contribution is 8.00. The zero-order valence-corrected chi connectivity index (χ0v) is 21.3.